The lowest BCUT2D eigenvalue weighted by atomic mass is 10.2. The summed E-state index contributed by atoms with van der Waals surface area (Å²) in [6.07, 6.45) is 4.32. The first kappa shape index (κ1) is 12.5. The number of hydrogen-bond donors (Lipinski definition) is 0. The van der Waals surface area contributed by atoms with E-state index in [9.17, 15) is 0 Å². The van der Waals surface area contributed by atoms with Crippen molar-refractivity contribution in [2.75, 3.05) is 6.54 Å². The Balaban J connectivity index is 4.09. The van der Waals surface area contributed by atoms with Gasteiger partial charge in [-0.05, 0) is 33.6 Å². The lowest BCUT2D eigenvalue weighted by Gasteiger charge is -2.30. The molecule has 1 unspecified atom stereocenters. The van der Waals surface area contributed by atoms with Crippen LogP contribution >= 0.6 is 0 Å². The summed E-state index contributed by atoms with van der Waals surface area (Å²) in [4.78, 5) is 6.71. The van der Waals surface area contributed by atoms with Gasteiger partial charge in [-0.2, -0.15) is 0 Å². The van der Waals surface area contributed by atoms with E-state index in [2.05, 4.69) is 44.5 Å². The third-order valence-electron chi connectivity index (χ3n) is 2.26. The minimum absolute atomic E-state index is 0.551. The van der Waals surface area contributed by atoms with Crippen LogP contribution in [0.1, 0.15) is 47.5 Å². The molecule has 0 N–H and O–H groups in total. The fourth-order valence-electron chi connectivity index (χ4n) is 1.25. The Hall–Kier alpha value is -0.530. The van der Waals surface area contributed by atoms with E-state index in [4.69, 9.17) is 0 Å². The normalized spacial score (nSPS) is 14.0. The first-order valence-electron chi connectivity index (χ1n) is 5.40. The lowest BCUT2D eigenvalue weighted by Crippen LogP contribution is -2.37. The topological polar surface area (TPSA) is 15.6 Å². The van der Waals surface area contributed by atoms with Gasteiger partial charge in [0.15, 0.2) is 0 Å². The minimum atomic E-state index is 0.551. The molecule has 0 fully saturated rings. The van der Waals surface area contributed by atoms with E-state index in [0.29, 0.717) is 12.1 Å². The molecule has 0 aliphatic carbocycles. The molecule has 0 heterocycles. The monoisotopic (exact) mass is 184 g/mol. The number of hydrogen-bond acceptors (Lipinski definition) is 1. The van der Waals surface area contributed by atoms with Crippen LogP contribution in [0.25, 0.3) is 0 Å². The van der Waals surface area contributed by atoms with Crippen LogP contribution in [0.2, 0.25) is 0 Å². The Bertz CT molecular complexity index is 141. The second-order valence-electron chi connectivity index (χ2n) is 3.82. The third-order valence-corrected chi connectivity index (χ3v) is 2.26. The van der Waals surface area contributed by atoms with Crippen molar-refractivity contribution in [3.8, 4) is 0 Å². The highest BCUT2D eigenvalue weighted by Crippen LogP contribution is 2.05. The van der Waals surface area contributed by atoms with Gasteiger partial charge in [0.25, 0.3) is 0 Å². The molecule has 2 heteroatoms. The summed E-state index contributed by atoms with van der Waals surface area (Å²) in [6.45, 7) is 12.0. The van der Waals surface area contributed by atoms with Crippen molar-refractivity contribution in [1.29, 1.82) is 0 Å². The summed E-state index contributed by atoms with van der Waals surface area (Å²) in [5.41, 5.74) is 0. The molecule has 0 rings (SSSR count). The van der Waals surface area contributed by atoms with Gasteiger partial charge >= 0.3 is 0 Å². The Kier molecular flexibility index (Phi) is 6.65. The largest absolute Gasteiger partial charge is 0.358 e. The molecule has 0 saturated heterocycles. The van der Waals surface area contributed by atoms with Crippen LogP contribution in [0.15, 0.2) is 4.99 Å². The van der Waals surface area contributed by atoms with E-state index in [1.807, 2.05) is 6.34 Å². The summed E-state index contributed by atoms with van der Waals surface area (Å²) in [6, 6.07) is 1.15. The highest BCUT2D eigenvalue weighted by Gasteiger charge is 2.10. The van der Waals surface area contributed by atoms with E-state index in [1.165, 1.54) is 6.42 Å². The van der Waals surface area contributed by atoms with Crippen molar-refractivity contribution in [1.82, 2.24) is 4.90 Å². The molecule has 0 aliphatic rings. The van der Waals surface area contributed by atoms with E-state index in [1.54, 1.807) is 0 Å². The van der Waals surface area contributed by atoms with Crippen molar-refractivity contribution >= 4 is 6.34 Å². The van der Waals surface area contributed by atoms with Crippen LogP contribution in [0.3, 0.4) is 0 Å². The molecule has 0 aromatic carbocycles. The van der Waals surface area contributed by atoms with Crippen molar-refractivity contribution in [3.05, 3.63) is 0 Å². The van der Waals surface area contributed by atoms with E-state index in [-0.39, 0.29) is 0 Å². The maximum absolute atomic E-state index is 4.38. The summed E-state index contributed by atoms with van der Waals surface area (Å²) in [7, 11) is 0. The Labute approximate surface area is 83.0 Å². The average molecular weight is 184 g/mol. The van der Waals surface area contributed by atoms with Crippen molar-refractivity contribution < 1.29 is 0 Å². The first-order valence-corrected chi connectivity index (χ1v) is 5.40. The van der Waals surface area contributed by atoms with Crippen molar-refractivity contribution in [2.45, 2.75) is 59.5 Å². The number of aliphatic imine (C=N–C) groups is 1. The van der Waals surface area contributed by atoms with Crippen LogP contribution in [-0.2, 0) is 0 Å². The van der Waals surface area contributed by atoms with Crippen LogP contribution in [0.5, 0.6) is 0 Å². The quantitative estimate of drug-likeness (QED) is 0.458. The predicted molar refractivity (Wildman–Crippen MR) is 60.4 cm³/mol. The smallest absolute Gasteiger partial charge is 0.0854 e. The van der Waals surface area contributed by atoms with Crippen molar-refractivity contribution in [3.63, 3.8) is 0 Å². The number of rotatable bonds is 6. The van der Waals surface area contributed by atoms with Gasteiger partial charge in [0.1, 0.15) is 0 Å². The zero-order chi connectivity index (χ0) is 10.3. The summed E-state index contributed by atoms with van der Waals surface area (Å²) in [5.74, 6) is 0. The van der Waals surface area contributed by atoms with Crippen LogP contribution in [0, 0.1) is 0 Å². The molecule has 0 amide bonds. The van der Waals surface area contributed by atoms with Gasteiger partial charge in [-0.3, -0.25) is 4.99 Å². The fraction of sp³-hybridized carbons (Fsp3) is 0.909. The molecule has 1 atom stereocenters. The molecule has 2 nitrogen and oxygen atoms in total. The summed E-state index contributed by atoms with van der Waals surface area (Å²) < 4.78 is 0. The van der Waals surface area contributed by atoms with Gasteiger partial charge in [-0.15, -0.1) is 0 Å². The van der Waals surface area contributed by atoms with Gasteiger partial charge in [0.05, 0.1) is 6.34 Å². The minimum Gasteiger partial charge on any atom is -0.358 e. The Morgan fingerprint density at radius 2 is 1.85 bits per heavy atom. The molecular formula is C11H24N2. The van der Waals surface area contributed by atoms with Gasteiger partial charge in [0.2, 0.25) is 0 Å². The molecule has 0 saturated carbocycles. The highest BCUT2D eigenvalue weighted by atomic mass is 15.2. The molecule has 0 aliphatic heterocycles. The maximum Gasteiger partial charge on any atom is 0.0854 e. The SMILES string of the molecule is CCC/N=C\N(C(C)C)C(C)CC. The second kappa shape index (κ2) is 6.93. The van der Waals surface area contributed by atoms with Gasteiger partial charge < -0.3 is 4.90 Å². The summed E-state index contributed by atoms with van der Waals surface area (Å²) in [5, 5.41) is 0. The Morgan fingerprint density at radius 3 is 2.23 bits per heavy atom. The second-order valence-corrected chi connectivity index (χ2v) is 3.82. The van der Waals surface area contributed by atoms with Crippen LogP contribution in [0.4, 0.5) is 0 Å². The van der Waals surface area contributed by atoms with Crippen LogP contribution < -0.4 is 0 Å². The molecule has 0 radical (unpaired) electrons. The Morgan fingerprint density at radius 1 is 1.23 bits per heavy atom. The van der Waals surface area contributed by atoms with Gasteiger partial charge in [-0.25, -0.2) is 0 Å². The highest BCUT2D eigenvalue weighted by molar-refractivity contribution is 5.55. The van der Waals surface area contributed by atoms with Crippen LogP contribution in [-0.4, -0.2) is 29.9 Å². The molecule has 0 aromatic heterocycles. The standard InChI is InChI=1S/C11H24N2/c1-6-8-12-9-13(10(3)4)11(5)7-2/h9-11H,6-8H2,1-5H3/b12-9-. The van der Waals surface area contributed by atoms with E-state index in [0.717, 1.165) is 13.0 Å². The maximum atomic E-state index is 4.38. The third kappa shape index (κ3) is 4.91. The first-order chi connectivity index (χ1) is 6.13. The zero-order valence-electron chi connectivity index (χ0n) is 9.75. The van der Waals surface area contributed by atoms with E-state index < -0.39 is 0 Å². The lowest BCUT2D eigenvalue weighted by molar-refractivity contribution is 0.278. The molecule has 0 aromatic rings. The number of nitrogens with zero attached hydrogens (tertiary/aromatic N) is 2. The molecule has 0 spiro atoms. The fourth-order valence-corrected chi connectivity index (χ4v) is 1.25. The molecule has 13 heavy (non-hydrogen) atoms. The molecular weight excluding hydrogens is 160 g/mol. The van der Waals surface area contributed by atoms with E-state index >= 15 is 0 Å². The van der Waals surface area contributed by atoms with Gasteiger partial charge in [0, 0.05) is 18.6 Å². The zero-order valence-corrected chi connectivity index (χ0v) is 9.75. The predicted octanol–water partition coefficient (Wildman–Crippen LogP) is 2.93. The molecule has 0 bridgehead atoms. The average Bonchev–Trinajstić information content (AvgIpc) is 2.11. The van der Waals surface area contributed by atoms with Crippen molar-refractivity contribution in [2.24, 2.45) is 4.99 Å². The molecule has 78 valence electrons. The summed E-state index contributed by atoms with van der Waals surface area (Å²) >= 11 is 0. The van der Waals surface area contributed by atoms with Gasteiger partial charge in [-0.1, -0.05) is 13.8 Å².